The normalized spacial score (nSPS) is 13.3. The van der Waals surface area contributed by atoms with Gasteiger partial charge in [-0.25, -0.2) is 0 Å². The number of aromatic nitrogens is 3. The van der Waals surface area contributed by atoms with Crippen molar-refractivity contribution >= 4 is 29.1 Å². The van der Waals surface area contributed by atoms with Crippen molar-refractivity contribution in [3.8, 4) is 22.9 Å². The number of fused-ring (bicyclic) bond motifs is 1. The Kier molecular flexibility index (Phi) is 11.3. The number of nitriles is 1. The lowest BCUT2D eigenvalue weighted by Gasteiger charge is -2.35. The largest absolute Gasteiger partial charge is 0.492 e. The number of nitrogens with zero attached hydrogens (tertiary/aromatic N) is 6. The molecule has 0 N–H and O–H groups in total. The smallest absolute Gasteiger partial charge is 0.254 e. The van der Waals surface area contributed by atoms with E-state index in [0.717, 1.165) is 36.2 Å². The van der Waals surface area contributed by atoms with Crippen LogP contribution < -0.4 is 4.74 Å². The second kappa shape index (κ2) is 14.4. The maximum Gasteiger partial charge on any atom is 0.254 e. The molecule has 1 atom stereocenters. The van der Waals surface area contributed by atoms with Crippen LogP contribution in [0.3, 0.4) is 0 Å². The molecular weight excluding hydrogens is 547 g/mol. The van der Waals surface area contributed by atoms with Crippen LogP contribution in [0.5, 0.6) is 5.75 Å². The first-order valence-corrected chi connectivity index (χ1v) is 14.4. The molecule has 1 aromatic carbocycles. The summed E-state index contributed by atoms with van der Waals surface area (Å²) in [5, 5.41) is 17.7. The van der Waals surface area contributed by atoms with Gasteiger partial charge in [-0.1, -0.05) is 50.0 Å². The van der Waals surface area contributed by atoms with Crippen LogP contribution in [0.4, 0.5) is 0 Å². The number of halogens is 2. The lowest BCUT2D eigenvalue weighted by Crippen LogP contribution is -2.40. The lowest BCUT2D eigenvalue weighted by atomic mass is 9.87. The topological polar surface area (TPSA) is 95.2 Å². The van der Waals surface area contributed by atoms with Crippen LogP contribution in [-0.2, 0) is 12.8 Å². The highest BCUT2D eigenvalue weighted by molar-refractivity contribution is 6.33. The number of rotatable bonds is 9. The molecule has 1 amide bonds. The van der Waals surface area contributed by atoms with Gasteiger partial charge in [-0.05, 0) is 69.1 Å². The summed E-state index contributed by atoms with van der Waals surface area (Å²) in [6.07, 6.45) is 2.90. The summed E-state index contributed by atoms with van der Waals surface area (Å²) in [6, 6.07) is 9.32. The molecule has 40 heavy (non-hydrogen) atoms. The molecule has 3 aromatic rings. The highest BCUT2D eigenvalue weighted by atomic mass is 35.5. The highest BCUT2D eigenvalue weighted by Crippen LogP contribution is 2.37. The molecule has 0 bridgehead atoms. The molecule has 4 rings (SSSR count). The van der Waals surface area contributed by atoms with Gasteiger partial charge in [0.25, 0.3) is 5.91 Å². The molecule has 0 saturated carbocycles. The Hall–Kier alpha value is -3.25. The van der Waals surface area contributed by atoms with Gasteiger partial charge in [0, 0.05) is 36.5 Å². The lowest BCUT2D eigenvalue weighted by molar-refractivity contribution is 0.0669. The Morgan fingerprint density at radius 1 is 1.12 bits per heavy atom. The second-order valence-electron chi connectivity index (χ2n) is 9.26. The number of benzene rings is 1. The van der Waals surface area contributed by atoms with E-state index in [9.17, 15) is 10.1 Å². The van der Waals surface area contributed by atoms with Crippen molar-refractivity contribution in [1.82, 2.24) is 25.0 Å². The summed E-state index contributed by atoms with van der Waals surface area (Å²) in [7, 11) is 2.07. The van der Waals surface area contributed by atoms with E-state index in [-0.39, 0.29) is 22.3 Å². The zero-order valence-electron chi connectivity index (χ0n) is 24.0. The number of pyridine rings is 1. The minimum absolute atomic E-state index is 0.0842. The first-order valence-electron chi connectivity index (χ1n) is 13.6. The molecule has 0 radical (unpaired) electrons. The number of carbonyl (C=O) groups is 1. The summed E-state index contributed by atoms with van der Waals surface area (Å²) in [5.41, 5.74) is 5.13. The fourth-order valence-electron chi connectivity index (χ4n) is 4.65. The molecule has 1 unspecified atom stereocenters. The third-order valence-corrected chi connectivity index (χ3v) is 7.40. The number of hydrogen-bond donors (Lipinski definition) is 0. The van der Waals surface area contributed by atoms with Crippen molar-refractivity contribution in [2.75, 3.05) is 33.3 Å². The van der Waals surface area contributed by atoms with Gasteiger partial charge in [0.05, 0.1) is 18.3 Å². The van der Waals surface area contributed by atoms with Crippen LogP contribution in [0, 0.1) is 11.3 Å². The van der Waals surface area contributed by atoms with Crippen molar-refractivity contribution in [1.29, 1.82) is 5.26 Å². The summed E-state index contributed by atoms with van der Waals surface area (Å²) in [5.74, 6) is 0.386. The van der Waals surface area contributed by atoms with E-state index in [1.807, 2.05) is 38.7 Å². The molecule has 2 aromatic heterocycles. The predicted molar refractivity (Wildman–Crippen MR) is 159 cm³/mol. The average Bonchev–Trinajstić information content (AvgIpc) is 2.98. The molecule has 10 heteroatoms. The third kappa shape index (κ3) is 6.90. The quantitative estimate of drug-likeness (QED) is 0.288. The highest BCUT2D eigenvalue weighted by Gasteiger charge is 2.32. The number of ether oxygens (including phenoxy) is 1. The number of carbonyl (C=O) groups excluding carboxylic acids is 1. The van der Waals surface area contributed by atoms with Gasteiger partial charge in [0.15, 0.2) is 10.3 Å². The van der Waals surface area contributed by atoms with Gasteiger partial charge >= 0.3 is 0 Å². The molecule has 212 valence electrons. The Bertz CT molecular complexity index is 1390. The molecular formula is C30H36Cl2N6O2. The fourth-order valence-corrected chi connectivity index (χ4v) is 4.99. The molecule has 0 saturated heterocycles. The zero-order valence-corrected chi connectivity index (χ0v) is 25.5. The Morgan fingerprint density at radius 3 is 2.52 bits per heavy atom. The number of amides is 1. The summed E-state index contributed by atoms with van der Waals surface area (Å²) < 4.78 is 5.64. The minimum atomic E-state index is -0.318. The van der Waals surface area contributed by atoms with Crippen LogP contribution >= 0.6 is 23.2 Å². The van der Waals surface area contributed by atoms with Crippen LogP contribution in [0.2, 0.25) is 10.3 Å². The van der Waals surface area contributed by atoms with E-state index in [4.69, 9.17) is 27.9 Å². The van der Waals surface area contributed by atoms with E-state index in [0.29, 0.717) is 47.7 Å². The molecule has 0 aliphatic carbocycles. The molecule has 1 aliphatic rings. The first-order chi connectivity index (χ1) is 19.3. The van der Waals surface area contributed by atoms with Crippen molar-refractivity contribution < 1.29 is 9.53 Å². The summed E-state index contributed by atoms with van der Waals surface area (Å²) in [4.78, 5) is 22.5. The van der Waals surface area contributed by atoms with E-state index in [2.05, 4.69) is 46.2 Å². The summed E-state index contributed by atoms with van der Waals surface area (Å²) in [6.45, 7) is 12.6. The fraction of sp³-hybridized carbons (Fsp3) is 0.433. The number of hydrogen-bond acceptors (Lipinski definition) is 7. The average molecular weight is 584 g/mol. The second-order valence-corrected chi connectivity index (χ2v) is 10.0. The van der Waals surface area contributed by atoms with E-state index in [1.54, 1.807) is 12.1 Å². The third-order valence-electron chi connectivity index (χ3n) is 6.94. The molecule has 1 aliphatic heterocycles. The van der Waals surface area contributed by atoms with Crippen LogP contribution in [0.15, 0.2) is 30.5 Å². The molecule has 8 nitrogen and oxygen atoms in total. The van der Waals surface area contributed by atoms with Gasteiger partial charge in [-0.15, -0.1) is 10.2 Å². The van der Waals surface area contributed by atoms with Gasteiger partial charge in [0.1, 0.15) is 17.4 Å². The Balaban J connectivity index is 0.00000216. The predicted octanol–water partition coefficient (Wildman–Crippen LogP) is 6.40. The van der Waals surface area contributed by atoms with E-state index in [1.165, 1.54) is 6.20 Å². The summed E-state index contributed by atoms with van der Waals surface area (Å²) >= 11 is 12.6. The van der Waals surface area contributed by atoms with Crippen LogP contribution in [-0.4, -0.2) is 64.2 Å². The van der Waals surface area contributed by atoms with Crippen molar-refractivity contribution in [2.45, 2.75) is 53.5 Å². The Labute approximate surface area is 246 Å². The van der Waals surface area contributed by atoms with Gasteiger partial charge in [-0.3, -0.25) is 9.78 Å². The molecule has 3 heterocycles. The monoisotopic (exact) mass is 582 g/mol. The molecule has 0 fully saturated rings. The van der Waals surface area contributed by atoms with Crippen LogP contribution in [0.25, 0.3) is 11.1 Å². The van der Waals surface area contributed by atoms with Gasteiger partial charge in [0.2, 0.25) is 0 Å². The first kappa shape index (κ1) is 31.3. The van der Waals surface area contributed by atoms with Crippen LogP contribution in [0.1, 0.15) is 73.4 Å². The zero-order chi connectivity index (χ0) is 29.4. The maximum atomic E-state index is 14.0. The van der Waals surface area contributed by atoms with Gasteiger partial charge in [-0.2, -0.15) is 5.26 Å². The van der Waals surface area contributed by atoms with Crippen molar-refractivity contribution in [3.05, 3.63) is 68.7 Å². The van der Waals surface area contributed by atoms with Crippen molar-refractivity contribution in [3.63, 3.8) is 0 Å². The van der Waals surface area contributed by atoms with Crippen molar-refractivity contribution in [2.24, 2.45) is 0 Å². The maximum absolute atomic E-state index is 14.0. The molecule has 0 spiro atoms. The standard InChI is InChI=1S/C28H30Cl2N6O2.C2H6/c1-5-35(4)9-7-18-11-21(22-13-26(29)33-34-27(22)30)20-8-10-36(28(37)23(20)12-18)17(3)24-14-25(38-6-2)19(15-31)16-32-24;1-2/h11-14,16-17H,5-10H2,1-4H3;1-2H3. The minimum Gasteiger partial charge on any atom is -0.492 e. The Morgan fingerprint density at radius 2 is 1.85 bits per heavy atom. The SMILES string of the molecule is CC.CCOc1cc(C(C)N2CCc3c(cc(CCN(C)CC)cc3-c3cc(Cl)nnc3Cl)C2=O)ncc1C#N. The number of likely N-dealkylation sites (N-methyl/N-ethyl adjacent to an activating group) is 1. The van der Waals surface area contributed by atoms with E-state index < -0.39 is 0 Å². The van der Waals surface area contributed by atoms with Gasteiger partial charge < -0.3 is 14.5 Å². The van der Waals surface area contributed by atoms with E-state index >= 15 is 0 Å².